The molecule has 2 aromatic carbocycles. The monoisotopic (exact) mass is 323 g/mol. The van der Waals surface area contributed by atoms with E-state index in [4.69, 9.17) is 10.5 Å². The van der Waals surface area contributed by atoms with Crippen LogP contribution in [0.1, 0.15) is 16.7 Å². The molecule has 0 heterocycles. The maximum atomic E-state index is 12.9. The normalized spacial score (nSPS) is 10.5. The molecule has 0 amide bonds. The van der Waals surface area contributed by atoms with Crippen LogP contribution in [0.15, 0.2) is 34.8 Å². The topological polar surface area (TPSA) is 35.2 Å². The fourth-order valence-corrected chi connectivity index (χ4v) is 2.08. The number of ether oxygens (including phenoxy) is 1. The van der Waals surface area contributed by atoms with Crippen molar-refractivity contribution in [1.29, 1.82) is 0 Å². The lowest BCUT2D eigenvalue weighted by molar-refractivity contribution is 0.306. The van der Waals surface area contributed by atoms with Crippen molar-refractivity contribution in [2.75, 3.05) is 5.73 Å². The van der Waals surface area contributed by atoms with Crippen LogP contribution in [0.4, 0.5) is 10.1 Å². The van der Waals surface area contributed by atoms with Crippen LogP contribution in [-0.4, -0.2) is 0 Å². The molecule has 2 N–H and O–H groups in total. The predicted octanol–water partition coefficient (Wildman–Crippen LogP) is 4.37. The van der Waals surface area contributed by atoms with E-state index in [2.05, 4.69) is 15.9 Å². The molecular weight excluding hydrogens is 309 g/mol. The van der Waals surface area contributed by atoms with E-state index in [0.717, 1.165) is 26.9 Å². The van der Waals surface area contributed by atoms with E-state index in [9.17, 15) is 4.39 Å². The molecule has 2 nitrogen and oxygen atoms in total. The van der Waals surface area contributed by atoms with Crippen LogP contribution in [-0.2, 0) is 6.61 Å². The molecule has 0 atom stereocenters. The van der Waals surface area contributed by atoms with E-state index in [1.54, 1.807) is 6.07 Å². The highest BCUT2D eigenvalue weighted by Crippen LogP contribution is 2.27. The van der Waals surface area contributed by atoms with Crippen molar-refractivity contribution in [2.24, 2.45) is 0 Å². The van der Waals surface area contributed by atoms with Gasteiger partial charge >= 0.3 is 0 Å². The number of nitrogens with two attached hydrogens (primary N) is 1. The van der Waals surface area contributed by atoms with Crippen LogP contribution >= 0.6 is 15.9 Å². The van der Waals surface area contributed by atoms with Crippen LogP contribution in [0, 0.1) is 19.7 Å². The quantitative estimate of drug-likeness (QED) is 0.851. The minimum atomic E-state index is -0.336. The van der Waals surface area contributed by atoms with E-state index in [-0.39, 0.29) is 5.82 Å². The summed E-state index contributed by atoms with van der Waals surface area (Å²) in [6.07, 6.45) is 0. The van der Waals surface area contributed by atoms with Gasteiger partial charge in [0, 0.05) is 15.7 Å². The number of nitrogen functional groups attached to an aromatic ring is 1. The Labute approximate surface area is 120 Å². The molecule has 0 aliphatic heterocycles. The van der Waals surface area contributed by atoms with E-state index in [1.807, 2.05) is 26.0 Å². The van der Waals surface area contributed by atoms with E-state index in [1.165, 1.54) is 12.1 Å². The van der Waals surface area contributed by atoms with Crippen molar-refractivity contribution in [3.8, 4) is 5.75 Å². The number of hydrogen-bond donors (Lipinski definition) is 1. The average molecular weight is 324 g/mol. The first-order valence-electron chi connectivity index (χ1n) is 5.91. The van der Waals surface area contributed by atoms with Crippen LogP contribution < -0.4 is 10.5 Å². The third kappa shape index (κ3) is 3.26. The van der Waals surface area contributed by atoms with Gasteiger partial charge in [0.1, 0.15) is 18.2 Å². The summed E-state index contributed by atoms with van der Waals surface area (Å²) in [5, 5.41) is 0. The zero-order valence-electron chi connectivity index (χ0n) is 10.8. The maximum absolute atomic E-state index is 12.9. The van der Waals surface area contributed by atoms with Gasteiger partial charge in [-0.15, -0.1) is 0 Å². The summed E-state index contributed by atoms with van der Waals surface area (Å²) in [5.41, 5.74) is 9.15. The Balaban J connectivity index is 2.14. The smallest absolute Gasteiger partial charge is 0.125 e. The Hall–Kier alpha value is -1.55. The number of anilines is 1. The minimum absolute atomic E-state index is 0.326. The molecule has 0 saturated carbocycles. The highest BCUT2D eigenvalue weighted by atomic mass is 79.9. The lowest BCUT2D eigenvalue weighted by atomic mass is 10.1. The van der Waals surface area contributed by atoms with Crippen LogP contribution in [0.5, 0.6) is 5.75 Å². The van der Waals surface area contributed by atoms with Gasteiger partial charge in [-0.25, -0.2) is 4.39 Å². The van der Waals surface area contributed by atoms with Gasteiger partial charge in [0.05, 0.1) is 0 Å². The second-order valence-electron chi connectivity index (χ2n) is 4.50. The predicted molar refractivity (Wildman–Crippen MR) is 78.8 cm³/mol. The highest BCUT2D eigenvalue weighted by molar-refractivity contribution is 9.10. The lowest BCUT2D eigenvalue weighted by Gasteiger charge is -2.11. The SMILES string of the molecule is Cc1cc(OCc2ccc(F)cc2N)cc(C)c1Br. The molecule has 2 rings (SSSR count). The van der Waals surface area contributed by atoms with Crippen LogP contribution in [0.2, 0.25) is 0 Å². The Morgan fingerprint density at radius 1 is 1.16 bits per heavy atom. The van der Waals surface area contributed by atoms with E-state index < -0.39 is 0 Å². The molecule has 0 radical (unpaired) electrons. The van der Waals surface area contributed by atoms with Crippen molar-refractivity contribution in [2.45, 2.75) is 20.5 Å². The summed E-state index contributed by atoms with van der Waals surface area (Å²) in [4.78, 5) is 0. The molecule has 0 fully saturated rings. The summed E-state index contributed by atoms with van der Waals surface area (Å²) in [5.74, 6) is 0.443. The van der Waals surface area contributed by atoms with Gasteiger partial charge in [0.15, 0.2) is 0 Å². The lowest BCUT2D eigenvalue weighted by Crippen LogP contribution is -2.01. The van der Waals surface area contributed by atoms with Crippen molar-refractivity contribution in [3.05, 3.63) is 57.3 Å². The first-order chi connectivity index (χ1) is 8.97. The summed E-state index contributed by atoms with van der Waals surface area (Å²) in [7, 11) is 0. The zero-order valence-corrected chi connectivity index (χ0v) is 12.4. The van der Waals surface area contributed by atoms with Gasteiger partial charge in [-0.1, -0.05) is 22.0 Å². The Morgan fingerprint density at radius 2 is 1.79 bits per heavy atom. The number of hydrogen-bond acceptors (Lipinski definition) is 2. The first kappa shape index (κ1) is 13.9. The zero-order chi connectivity index (χ0) is 14.0. The molecule has 19 heavy (non-hydrogen) atoms. The minimum Gasteiger partial charge on any atom is -0.489 e. The summed E-state index contributed by atoms with van der Waals surface area (Å²) in [6.45, 7) is 4.35. The molecule has 0 spiro atoms. The third-order valence-corrected chi connectivity index (χ3v) is 4.16. The Kier molecular flexibility index (Phi) is 4.10. The van der Waals surface area contributed by atoms with Crippen LogP contribution in [0.25, 0.3) is 0 Å². The fourth-order valence-electron chi connectivity index (χ4n) is 1.85. The Morgan fingerprint density at radius 3 is 2.37 bits per heavy atom. The second kappa shape index (κ2) is 5.61. The second-order valence-corrected chi connectivity index (χ2v) is 5.30. The van der Waals surface area contributed by atoms with E-state index >= 15 is 0 Å². The molecular formula is C15H15BrFNO. The number of aryl methyl sites for hydroxylation is 2. The van der Waals surface area contributed by atoms with Gasteiger partial charge in [-0.2, -0.15) is 0 Å². The largest absolute Gasteiger partial charge is 0.489 e. The molecule has 4 heteroatoms. The summed E-state index contributed by atoms with van der Waals surface area (Å²) in [6, 6.07) is 8.24. The third-order valence-electron chi connectivity index (χ3n) is 2.91. The van der Waals surface area contributed by atoms with Crippen molar-refractivity contribution >= 4 is 21.6 Å². The molecule has 0 aromatic heterocycles. The number of rotatable bonds is 3. The van der Waals surface area contributed by atoms with Crippen molar-refractivity contribution in [1.82, 2.24) is 0 Å². The molecule has 0 bridgehead atoms. The van der Waals surface area contributed by atoms with Crippen LogP contribution in [0.3, 0.4) is 0 Å². The van der Waals surface area contributed by atoms with Gasteiger partial charge in [0.25, 0.3) is 0 Å². The average Bonchev–Trinajstić information content (AvgIpc) is 2.34. The number of halogens is 2. The van der Waals surface area contributed by atoms with Gasteiger partial charge in [-0.05, 0) is 49.2 Å². The molecule has 2 aromatic rings. The molecule has 0 saturated heterocycles. The number of benzene rings is 2. The van der Waals surface area contributed by atoms with Gasteiger partial charge in [-0.3, -0.25) is 0 Å². The molecule has 0 aliphatic rings. The van der Waals surface area contributed by atoms with Gasteiger partial charge in [0.2, 0.25) is 0 Å². The molecule has 100 valence electrons. The molecule has 0 aliphatic carbocycles. The standard InChI is InChI=1S/C15H15BrFNO/c1-9-5-13(6-10(2)15(9)16)19-8-11-3-4-12(17)7-14(11)18/h3-7H,8,18H2,1-2H3. The van der Waals surface area contributed by atoms with Crippen molar-refractivity contribution < 1.29 is 9.13 Å². The van der Waals surface area contributed by atoms with Gasteiger partial charge < -0.3 is 10.5 Å². The highest BCUT2D eigenvalue weighted by Gasteiger charge is 2.05. The first-order valence-corrected chi connectivity index (χ1v) is 6.70. The van der Waals surface area contributed by atoms with Crippen molar-refractivity contribution in [3.63, 3.8) is 0 Å². The maximum Gasteiger partial charge on any atom is 0.125 e. The molecule has 0 unspecified atom stereocenters. The fraction of sp³-hybridized carbons (Fsp3) is 0.200. The van der Waals surface area contributed by atoms with E-state index in [0.29, 0.717) is 12.3 Å². The summed E-state index contributed by atoms with van der Waals surface area (Å²) >= 11 is 3.51. The Bertz CT molecular complexity index is 590. The summed E-state index contributed by atoms with van der Waals surface area (Å²) < 4.78 is 19.7.